The van der Waals surface area contributed by atoms with Gasteiger partial charge in [0.2, 0.25) is 11.8 Å². The van der Waals surface area contributed by atoms with E-state index in [1.54, 1.807) is 24.2 Å². The average molecular weight is 398 g/mol. The Morgan fingerprint density at radius 1 is 1.18 bits per heavy atom. The lowest BCUT2D eigenvalue weighted by Crippen LogP contribution is -2.29. The van der Waals surface area contributed by atoms with E-state index in [1.165, 1.54) is 4.90 Å². The van der Waals surface area contributed by atoms with Crippen LogP contribution in [0.5, 0.6) is 0 Å². The van der Waals surface area contributed by atoms with Crippen LogP contribution in [0.15, 0.2) is 58.1 Å². The minimum Gasteiger partial charge on any atom is -0.441 e. The van der Waals surface area contributed by atoms with E-state index in [-0.39, 0.29) is 19.1 Å². The van der Waals surface area contributed by atoms with Crippen LogP contribution in [0.25, 0.3) is 11.5 Å². The second kappa shape index (κ2) is 10.1. The summed E-state index contributed by atoms with van der Waals surface area (Å²) in [6.07, 6.45) is 6.28. The summed E-state index contributed by atoms with van der Waals surface area (Å²) >= 11 is 1.69. The van der Waals surface area contributed by atoms with Crippen molar-refractivity contribution in [1.82, 2.24) is 15.3 Å². The molecule has 3 rings (SSSR count). The summed E-state index contributed by atoms with van der Waals surface area (Å²) in [6, 6.07) is 11.9. The summed E-state index contributed by atoms with van der Waals surface area (Å²) in [5.41, 5.74) is 2.75. The van der Waals surface area contributed by atoms with E-state index >= 15 is 0 Å². The number of aromatic nitrogens is 2. The Morgan fingerprint density at radius 2 is 1.93 bits per heavy atom. The predicted molar refractivity (Wildman–Crippen MR) is 109 cm³/mol. The van der Waals surface area contributed by atoms with Crippen molar-refractivity contribution in [3.8, 4) is 11.5 Å². The molecular formula is C21H23N3O3S. The average Bonchev–Trinajstić information content (AvgIpc) is 3.09. The lowest BCUT2D eigenvalue weighted by Gasteiger charge is -2.05. The quantitative estimate of drug-likeness (QED) is 0.556. The fourth-order valence-electron chi connectivity index (χ4n) is 2.61. The molecule has 1 N–H and O–H groups in total. The van der Waals surface area contributed by atoms with Crippen LogP contribution in [0.2, 0.25) is 0 Å². The first kappa shape index (κ1) is 20.1. The molecule has 2 aromatic heterocycles. The second-order valence-corrected chi connectivity index (χ2v) is 7.08. The van der Waals surface area contributed by atoms with Gasteiger partial charge in [-0.05, 0) is 61.6 Å². The van der Waals surface area contributed by atoms with E-state index in [2.05, 4.69) is 15.3 Å². The number of hydrogen-bond acceptors (Lipinski definition) is 6. The maximum absolute atomic E-state index is 11.9. The van der Waals surface area contributed by atoms with Gasteiger partial charge in [0.05, 0.1) is 6.61 Å². The highest BCUT2D eigenvalue weighted by Crippen LogP contribution is 2.24. The number of carbonyl (C=O) groups is 1. The van der Waals surface area contributed by atoms with Crippen molar-refractivity contribution >= 4 is 17.7 Å². The van der Waals surface area contributed by atoms with Crippen LogP contribution in [0, 0.1) is 6.92 Å². The minimum atomic E-state index is -0.150. The SMILES string of the molecule is CSc1ccc(-c2nc(COCC(=O)NCCc3ccncc3)c(C)o2)cc1. The molecule has 0 atom stereocenters. The van der Waals surface area contributed by atoms with Crippen LogP contribution in [-0.2, 0) is 22.6 Å². The molecule has 2 heterocycles. The maximum Gasteiger partial charge on any atom is 0.246 e. The topological polar surface area (TPSA) is 77.2 Å². The van der Waals surface area contributed by atoms with Crippen LogP contribution in [0.4, 0.5) is 0 Å². The molecule has 0 bridgehead atoms. The Labute approximate surface area is 168 Å². The number of nitrogens with zero attached hydrogens (tertiary/aromatic N) is 2. The lowest BCUT2D eigenvalue weighted by molar-refractivity contribution is -0.126. The van der Waals surface area contributed by atoms with Crippen LogP contribution < -0.4 is 5.32 Å². The van der Waals surface area contributed by atoms with Crippen molar-refractivity contribution in [2.45, 2.75) is 24.8 Å². The fraction of sp³-hybridized carbons (Fsp3) is 0.286. The monoisotopic (exact) mass is 397 g/mol. The van der Waals surface area contributed by atoms with Gasteiger partial charge in [0, 0.05) is 29.4 Å². The van der Waals surface area contributed by atoms with Gasteiger partial charge in [0.15, 0.2) is 0 Å². The third-order valence-corrected chi connectivity index (χ3v) is 4.93. The van der Waals surface area contributed by atoms with Gasteiger partial charge in [-0.1, -0.05) is 0 Å². The summed E-state index contributed by atoms with van der Waals surface area (Å²) in [4.78, 5) is 21.6. The Bertz CT molecular complexity index is 895. The second-order valence-electron chi connectivity index (χ2n) is 6.20. The number of hydrogen-bond donors (Lipinski definition) is 1. The number of oxazole rings is 1. The van der Waals surface area contributed by atoms with Gasteiger partial charge in [0.25, 0.3) is 0 Å². The molecule has 0 saturated heterocycles. The number of rotatable bonds is 9. The van der Waals surface area contributed by atoms with E-state index < -0.39 is 0 Å². The molecule has 0 aliphatic rings. The van der Waals surface area contributed by atoms with E-state index in [4.69, 9.17) is 9.15 Å². The number of pyridine rings is 1. The first-order valence-electron chi connectivity index (χ1n) is 9.00. The van der Waals surface area contributed by atoms with Crippen LogP contribution in [0.1, 0.15) is 17.0 Å². The number of thioether (sulfide) groups is 1. The van der Waals surface area contributed by atoms with Crippen molar-refractivity contribution in [3.05, 3.63) is 65.8 Å². The zero-order chi connectivity index (χ0) is 19.8. The molecule has 0 saturated carbocycles. The van der Waals surface area contributed by atoms with Gasteiger partial charge < -0.3 is 14.5 Å². The molecule has 0 fully saturated rings. The molecule has 6 nitrogen and oxygen atoms in total. The van der Waals surface area contributed by atoms with Crippen LogP contribution in [0.3, 0.4) is 0 Å². The Kier molecular flexibility index (Phi) is 7.22. The highest BCUT2D eigenvalue weighted by Gasteiger charge is 2.12. The molecule has 0 radical (unpaired) electrons. The molecule has 0 unspecified atom stereocenters. The summed E-state index contributed by atoms with van der Waals surface area (Å²) in [6.45, 7) is 2.63. The summed E-state index contributed by atoms with van der Waals surface area (Å²) < 4.78 is 11.2. The third-order valence-electron chi connectivity index (χ3n) is 4.19. The van der Waals surface area contributed by atoms with Gasteiger partial charge in [-0.15, -0.1) is 11.8 Å². The molecule has 1 aromatic carbocycles. The summed E-state index contributed by atoms with van der Waals surface area (Å²) in [5.74, 6) is 1.11. The smallest absolute Gasteiger partial charge is 0.246 e. The number of nitrogens with one attached hydrogen (secondary N) is 1. The van der Waals surface area contributed by atoms with Gasteiger partial charge in [-0.25, -0.2) is 4.98 Å². The number of ether oxygens (including phenoxy) is 1. The molecule has 7 heteroatoms. The number of aryl methyl sites for hydroxylation is 1. The lowest BCUT2D eigenvalue weighted by atomic mass is 10.2. The number of carbonyl (C=O) groups excluding carboxylic acids is 1. The Balaban J connectivity index is 1.44. The largest absolute Gasteiger partial charge is 0.441 e. The number of benzene rings is 1. The summed E-state index contributed by atoms with van der Waals surface area (Å²) in [7, 11) is 0. The first-order valence-corrected chi connectivity index (χ1v) is 10.2. The fourth-order valence-corrected chi connectivity index (χ4v) is 3.01. The standard InChI is InChI=1S/C21H23N3O3S/c1-15-19(24-21(27-15)17-3-5-18(28-2)6-4-17)13-26-14-20(25)23-12-9-16-7-10-22-11-8-16/h3-8,10-11H,9,12-14H2,1-2H3,(H,23,25). The van der Waals surface area contributed by atoms with E-state index in [0.717, 1.165) is 17.5 Å². The van der Waals surface area contributed by atoms with Crippen LogP contribution in [-0.4, -0.2) is 35.3 Å². The van der Waals surface area contributed by atoms with E-state index in [1.807, 2.05) is 49.6 Å². The van der Waals surface area contributed by atoms with Crippen molar-refractivity contribution in [3.63, 3.8) is 0 Å². The van der Waals surface area contributed by atoms with Crippen molar-refractivity contribution in [1.29, 1.82) is 0 Å². The molecule has 1 amide bonds. The minimum absolute atomic E-state index is 0.0135. The Hall–Kier alpha value is -2.64. The third kappa shape index (κ3) is 5.68. The molecular weight excluding hydrogens is 374 g/mol. The van der Waals surface area contributed by atoms with Gasteiger partial charge in [-0.2, -0.15) is 0 Å². The zero-order valence-electron chi connectivity index (χ0n) is 16.0. The van der Waals surface area contributed by atoms with Gasteiger partial charge in [0.1, 0.15) is 18.1 Å². The number of amides is 1. The molecule has 0 aliphatic heterocycles. The van der Waals surface area contributed by atoms with Gasteiger partial charge in [-0.3, -0.25) is 9.78 Å². The zero-order valence-corrected chi connectivity index (χ0v) is 16.8. The molecule has 0 aliphatic carbocycles. The predicted octanol–water partition coefficient (Wildman–Crippen LogP) is 3.64. The van der Waals surface area contributed by atoms with E-state index in [0.29, 0.717) is 23.9 Å². The highest BCUT2D eigenvalue weighted by atomic mass is 32.2. The normalized spacial score (nSPS) is 10.8. The highest BCUT2D eigenvalue weighted by molar-refractivity contribution is 7.98. The molecule has 28 heavy (non-hydrogen) atoms. The molecule has 146 valence electrons. The molecule has 0 spiro atoms. The maximum atomic E-state index is 11.9. The first-order chi connectivity index (χ1) is 13.7. The van der Waals surface area contributed by atoms with Gasteiger partial charge >= 0.3 is 0 Å². The Morgan fingerprint density at radius 3 is 2.64 bits per heavy atom. The van der Waals surface area contributed by atoms with E-state index in [9.17, 15) is 4.79 Å². The van der Waals surface area contributed by atoms with Crippen LogP contribution >= 0.6 is 11.8 Å². The van der Waals surface area contributed by atoms with Crippen molar-refractivity contribution < 1.29 is 13.9 Å². The summed E-state index contributed by atoms with van der Waals surface area (Å²) in [5, 5.41) is 2.84. The molecule has 3 aromatic rings. The van der Waals surface area contributed by atoms with Crippen molar-refractivity contribution in [2.75, 3.05) is 19.4 Å². The van der Waals surface area contributed by atoms with Crippen molar-refractivity contribution in [2.24, 2.45) is 0 Å².